The third kappa shape index (κ3) is 4.12. The summed E-state index contributed by atoms with van der Waals surface area (Å²) in [6.07, 6.45) is -4.01. The van der Waals surface area contributed by atoms with Gasteiger partial charge in [-0.1, -0.05) is 6.07 Å². The van der Waals surface area contributed by atoms with E-state index in [0.717, 1.165) is 18.2 Å². The number of alkyl halides is 3. The minimum Gasteiger partial charge on any atom is -0.234 e. The van der Waals surface area contributed by atoms with Gasteiger partial charge < -0.3 is 0 Å². The summed E-state index contributed by atoms with van der Waals surface area (Å²) in [5.41, 5.74) is -1.84. The number of benzene rings is 1. The highest BCUT2D eigenvalue weighted by atomic mass is 32.2. The van der Waals surface area contributed by atoms with E-state index in [-0.39, 0.29) is 0 Å². The van der Waals surface area contributed by atoms with Gasteiger partial charge in [-0.2, -0.15) is 17.6 Å². The lowest BCUT2D eigenvalue weighted by atomic mass is 10.1. The van der Waals surface area contributed by atoms with Crippen LogP contribution < -0.4 is 0 Å². The summed E-state index contributed by atoms with van der Waals surface area (Å²) in [7, 11) is -1.75. The van der Waals surface area contributed by atoms with Crippen LogP contribution in [0, 0.1) is 5.82 Å². The van der Waals surface area contributed by atoms with Gasteiger partial charge in [0.25, 0.3) is 0 Å². The molecule has 0 aliphatic heterocycles. The molecule has 0 unspecified atom stereocenters. The molecular formula is C12H13F4NOS. The van der Waals surface area contributed by atoms with Gasteiger partial charge in [0.1, 0.15) is 16.8 Å². The van der Waals surface area contributed by atoms with Gasteiger partial charge in [0, 0.05) is 11.8 Å². The summed E-state index contributed by atoms with van der Waals surface area (Å²) in [6, 6.07) is 2.62. The lowest BCUT2D eigenvalue weighted by molar-refractivity contribution is -0.137. The molecule has 0 bridgehead atoms. The second-order valence-electron chi connectivity index (χ2n) is 4.79. The highest BCUT2D eigenvalue weighted by molar-refractivity contribution is 7.85. The molecule has 0 saturated heterocycles. The summed E-state index contributed by atoms with van der Waals surface area (Å²) < 4.78 is 65.9. The SMILES string of the molecule is CC(C)(C)[S@@](=O)N=Cc1c(F)cccc1C(F)(F)F. The van der Waals surface area contributed by atoms with Crippen LogP contribution in [0.15, 0.2) is 22.6 Å². The fourth-order valence-electron chi connectivity index (χ4n) is 1.17. The minimum atomic E-state index is -4.69. The van der Waals surface area contributed by atoms with Crippen LogP contribution in [-0.4, -0.2) is 15.2 Å². The molecule has 2 nitrogen and oxygen atoms in total. The molecule has 7 heteroatoms. The molecule has 0 heterocycles. The first-order valence-corrected chi connectivity index (χ1v) is 6.46. The summed E-state index contributed by atoms with van der Waals surface area (Å²) in [5, 5.41) is 0. The van der Waals surface area contributed by atoms with Crippen molar-refractivity contribution in [2.24, 2.45) is 4.40 Å². The van der Waals surface area contributed by atoms with Crippen molar-refractivity contribution in [1.29, 1.82) is 0 Å². The van der Waals surface area contributed by atoms with Crippen LogP contribution in [0.25, 0.3) is 0 Å². The van der Waals surface area contributed by atoms with Gasteiger partial charge in [0.15, 0.2) is 0 Å². The quantitative estimate of drug-likeness (QED) is 0.604. The summed E-state index contributed by atoms with van der Waals surface area (Å²) in [4.78, 5) is 0. The predicted molar refractivity (Wildman–Crippen MR) is 66.9 cm³/mol. The summed E-state index contributed by atoms with van der Waals surface area (Å²) in [6.45, 7) is 4.85. The topological polar surface area (TPSA) is 29.4 Å². The summed E-state index contributed by atoms with van der Waals surface area (Å²) >= 11 is 0. The molecule has 0 aliphatic rings. The maximum absolute atomic E-state index is 13.4. The first kappa shape index (κ1) is 15.8. The Bertz CT molecular complexity index is 517. The van der Waals surface area contributed by atoms with Crippen molar-refractivity contribution in [2.75, 3.05) is 0 Å². The zero-order chi connectivity index (χ0) is 14.8. The van der Waals surface area contributed by atoms with Crippen LogP contribution in [0.4, 0.5) is 17.6 Å². The molecule has 106 valence electrons. The number of halogens is 4. The fraction of sp³-hybridized carbons (Fsp3) is 0.417. The van der Waals surface area contributed by atoms with Gasteiger partial charge in [0.05, 0.1) is 10.3 Å². The highest BCUT2D eigenvalue weighted by Crippen LogP contribution is 2.32. The Morgan fingerprint density at radius 2 is 1.79 bits per heavy atom. The largest absolute Gasteiger partial charge is 0.417 e. The molecule has 1 aromatic carbocycles. The van der Waals surface area contributed by atoms with E-state index in [4.69, 9.17) is 0 Å². The van der Waals surface area contributed by atoms with E-state index in [1.807, 2.05) is 0 Å². The number of rotatable bonds is 2. The Balaban J connectivity index is 3.22. The second kappa shape index (κ2) is 5.40. The first-order chi connectivity index (χ1) is 8.53. The molecule has 0 spiro atoms. The van der Waals surface area contributed by atoms with E-state index in [1.54, 1.807) is 20.8 Å². The van der Waals surface area contributed by atoms with Crippen LogP contribution in [0.1, 0.15) is 31.9 Å². The van der Waals surface area contributed by atoms with Crippen LogP contribution >= 0.6 is 0 Å². The van der Waals surface area contributed by atoms with Crippen molar-refractivity contribution < 1.29 is 21.8 Å². The average molecular weight is 295 g/mol. The molecule has 0 aliphatic carbocycles. The van der Waals surface area contributed by atoms with Crippen LogP contribution in [-0.2, 0) is 17.2 Å². The Morgan fingerprint density at radius 3 is 2.26 bits per heavy atom. The number of nitrogens with zero attached hydrogens (tertiary/aromatic N) is 1. The Labute approximate surface area is 111 Å². The van der Waals surface area contributed by atoms with Gasteiger partial charge in [0.2, 0.25) is 0 Å². The molecule has 1 rings (SSSR count). The molecule has 1 aromatic rings. The normalized spacial score (nSPS) is 14.9. The second-order valence-corrected chi connectivity index (χ2v) is 6.73. The average Bonchev–Trinajstić information content (AvgIpc) is 2.24. The molecular weight excluding hydrogens is 282 g/mol. The molecule has 0 radical (unpaired) electrons. The maximum atomic E-state index is 13.4. The van der Waals surface area contributed by atoms with Crippen molar-refractivity contribution in [3.8, 4) is 0 Å². The third-order valence-electron chi connectivity index (χ3n) is 2.16. The fourth-order valence-corrected chi connectivity index (χ4v) is 1.69. The van der Waals surface area contributed by atoms with Crippen molar-refractivity contribution >= 4 is 17.2 Å². The third-order valence-corrected chi connectivity index (χ3v) is 3.50. The van der Waals surface area contributed by atoms with Crippen LogP contribution in [0.5, 0.6) is 0 Å². The van der Waals surface area contributed by atoms with Gasteiger partial charge in [-0.05, 0) is 32.9 Å². The number of hydrogen-bond donors (Lipinski definition) is 0. The Morgan fingerprint density at radius 1 is 1.21 bits per heavy atom. The van der Waals surface area contributed by atoms with Crippen molar-refractivity contribution in [2.45, 2.75) is 31.7 Å². The van der Waals surface area contributed by atoms with Crippen molar-refractivity contribution in [3.63, 3.8) is 0 Å². The summed E-state index contributed by atoms with van der Waals surface area (Å²) in [5.74, 6) is -1.05. The molecule has 0 saturated carbocycles. The maximum Gasteiger partial charge on any atom is 0.417 e. The molecule has 0 N–H and O–H groups in total. The van der Waals surface area contributed by atoms with Gasteiger partial charge in [-0.3, -0.25) is 0 Å². The van der Waals surface area contributed by atoms with E-state index >= 15 is 0 Å². The molecule has 1 atom stereocenters. The Kier molecular flexibility index (Phi) is 4.50. The lowest BCUT2D eigenvalue weighted by Gasteiger charge is -2.14. The van der Waals surface area contributed by atoms with E-state index < -0.39 is 38.9 Å². The molecule has 0 amide bonds. The van der Waals surface area contributed by atoms with E-state index in [0.29, 0.717) is 6.21 Å². The lowest BCUT2D eigenvalue weighted by Crippen LogP contribution is -2.20. The standard InChI is InChI=1S/C12H13F4NOS/c1-11(2,3)19(18)17-7-8-9(12(14,15)16)5-4-6-10(8)13/h4-7H,1-3H3/t19-/m1/s1. The smallest absolute Gasteiger partial charge is 0.234 e. The number of hydrogen-bond acceptors (Lipinski definition) is 1. The molecule has 0 aromatic heterocycles. The van der Waals surface area contributed by atoms with Gasteiger partial charge in [-0.25, -0.2) is 8.60 Å². The molecule has 0 fully saturated rings. The van der Waals surface area contributed by atoms with Gasteiger partial charge in [-0.15, -0.1) is 0 Å². The van der Waals surface area contributed by atoms with E-state index in [9.17, 15) is 21.8 Å². The highest BCUT2D eigenvalue weighted by Gasteiger charge is 2.34. The first-order valence-electron chi connectivity index (χ1n) is 5.35. The van der Waals surface area contributed by atoms with E-state index in [1.165, 1.54) is 0 Å². The Hall–Kier alpha value is -1.24. The zero-order valence-corrected chi connectivity index (χ0v) is 11.4. The minimum absolute atomic E-state index is 0.680. The van der Waals surface area contributed by atoms with Crippen molar-refractivity contribution in [1.82, 2.24) is 0 Å². The molecule has 19 heavy (non-hydrogen) atoms. The predicted octanol–water partition coefficient (Wildman–Crippen LogP) is 3.73. The zero-order valence-electron chi connectivity index (χ0n) is 10.6. The monoisotopic (exact) mass is 295 g/mol. The van der Waals surface area contributed by atoms with Crippen LogP contribution in [0.2, 0.25) is 0 Å². The van der Waals surface area contributed by atoms with E-state index in [2.05, 4.69) is 4.40 Å². The van der Waals surface area contributed by atoms with Crippen molar-refractivity contribution in [3.05, 3.63) is 35.1 Å². The van der Waals surface area contributed by atoms with Gasteiger partial charge >= 0.3 is 6.18 Å². The van der Waals surface area contributed by atoms with Crippen LogP contribution in [0.3, 0.4) is 0 Å².